The summed E-state index contributed by atoms with van der Waals surface area (Å²) >= 11 is 0. The molecule has 9 nitrogen and oxygen atoms in total. The lowest BCUT2D eigenvalue weighted by Gasteiger charge is -2.18. The summed E-state index contributed by atoms with van der Waals surface area (Å²) in [5.41, 5.74) is 4.05. The molecule has 41 heavy (non-hydrogen) atoms. The van der Waals surface area contributed by atoms with Crippen LogP contribution in [0.15, 0.2) is 54.4 Å². The molecule has 0 spiro atoms. The van der Waals surface area contributed by atoms with E-state index in [2.05, 4.69) is 55.6 Å². The van der Waals surface area contributed by atoms with Gasteiger partial charge >= 0.3 is 6.03 Å². The molecule has 0 bridgehead atoms. The number of benzene rings is 1. The second-order valence-corrected chi connectivity index (χ2v) is 11.5. The van der Waals surface area contributed by atoms with Gasteiger partial charge in [-0.05, 0) is 49.1 Å². The number of hydrogen-bond donors (Lipinski definition) is 3. The molecule has 2 amide bonds. The molecule has 1 unspecified atom stereocenters. The predicted octanol–water partition coefficient (Wildman–Crippen LogP) is 5.63. The summed E-state index contributed by atoms with van der Waals surface area (Å²) in [6.07, 6.45) is 12.2. The van der Waals surface area contributed by atoms with Crippen molar-refractivity contribution in [1.29, 1.82) is 0 Å². The van der Waals surface area contributed by atoms with E-state index in [9.17, 15) is 14.3 Å². The molecule has 3 aromatic rings. The van der Waals surface area contributed by atoms with E-state index in [1.807, 2.05) is 18.2 Å². The molecule has 2 heterocycles. The van der Waals surface area contributed by atoms with Crippen molar-refractivity contribution >= 4 is 23.6 Å². The first kappa shape index (κ1) is 28.4. The van der Waals surface area contributed by atoms with E-state index >= 15 is 0 Å². The first-order valence-corrected chi connectivity index (χ1v) is 14.0. The number of carbonyl (C=O) groups is 1. The Morgan fingerprint density at radius 2 is 2.07 bits per heavy atom. The molecular weight excluding hydrogens is 523 g/mol. The molecule has 2 aromatic heterocycles. The maximum absolute atomic E-state index is 14.2. The molecule has 3 N–H and O–H groups in total. The zero-order chi connectivity index (χ0) is 29.1. The Kier molecular flexibility index (Phi) is 8.12. The number of ether oxygens (including phenoxy) is 1. The van der Waals surface area contributed by atoms with Crippen LogP contribution in [0, 0.1) is 11.7 Å². The van der Waals surface area contributed by atoms with Gasteiger partial charge in [0.1, 0.15) is 23.1 Å². The van der Waals surface area contributed by atoms with E-state index in [-0.39, 0.29) is 18.6 Å². The van der Waals surface area contributed by atoms with E-state index < -0.39 is 11.8 Å². The van der Waals surface area contributed by atoms with E-state index in [4.69, 9.17) is 9.84 Å². The molecule has 0 fully saturated rings. The Balaban J connectivity index is 1.29. The summed E-state index contributed by atoms with van der Waals surface area (Å²) in [6, 6.07) is 5.73. The van der Waals surface area contributed by atoms with Gasteiger partial charge in [0, 0.05) is 41.3 Å². The van der Waals surface area contributed by atoms with Crippen LogP contribution < -0.4 is 15.4 Å². The topological polar surface area (TPSA) is 106 Å². The minimum absolute atomic E-state index is 0.0228. The number of urea groups is 1. The van der Waals surface area contributed by atoms with Gasteiger partial charge in [-0.2, -0.15) is 10.2 Å². The lowest BCUT2D eigenvalue weighted by atomic mass is 9.92. The Hall–Kier alpha value is -4.18. The summed E-state index contributed by atoms with van der Waals surface area (Å²) in [6.45, 7) is 8.91. The van der Waals surface area contributed by atoms with Crippen LogP contribution in [-0.2, 0) is 24.9 Å². The third-order valence-corrected chi connectivity index (χ3v) is 7.18. The average Bonchev–Trinajstić information content (AvgIpc) is 3.54. The van der Waals surface area contributed by atoms with Crippen molar-refractivity contribution in [3.05, 3.63) is 82.8 Å². The van der Waals surface area contributed by atoms with Gasteiger partial charge < -0.3 is 15.2 Å². The number of fused-ring (bicyclic) bond motifs is 1. The molecule has 5 rings (SSSR count). The summed E-state index contributed by atoms with van der Waals surface area (Å²) in [4.78, 5) is 13.0. The minimum Gasteiger partial charge on any atom is -0.461 e. The summed E-state index contributed by atoms with van der Waals surface area (Å²) in [5.74, 6) is 1.78. The lowest BCUT2D eigenvalue weighted by Crippen LogP contribution is -2.29. The van der Waals surface area contributed by atoms with Gasteiger partial charge in [-0.25, -0.2) is 13.9 Å². The molecule has 1 aromatic carbocycles. The summed E-state index contributed by atoms with van der Waals surface area (Å²) in [5, 5.41) is 24.1. The molecule has 216 valence electrons. The van der Waals surface area contributed by atoms with Crippen LogP contribution in [0.25, 0.3) is 11.8 Å². The SMILES string of the molecule is CC1C=CC(n2nc(C(C)(C)C)cc2NC(=O)NCc2cc(F)ccc2OC2=Cc3cnn(CCO)c3CC2)=CC1. The van der Waals surface area contributed by atoms with Gasteiger partial charge in [-0.3, -0.25) is 10.00 Å². The minimum atomic E-state index is -0.437. The second kappa shape index (κ2) is 11.7. The highest BCUT2D eigenvalue weighted by Crippen LogP contribution is 2.30. The standard InChI is InChI=1S/C31H37FN6O3/c1-20-5-8-24(9-6-20)38-29(17-28(36-38)31(2,3)4)35-30(40)33-18-22-15-23(32)7-12-27(22)41-25-10-11-26-21(16-25)19-34-37(26)13-14-39/h5,7-9,12,15-17,19-20,39H,6,10-11,13-14,18H2,1-4H3,(H2,33,35,40). The van der Waals surface area contributed by atoms with Crippen LogP contribution >= 0.6 is 0 Å². The number of halogens is 1. The Morgan fingerprint density at radius 3 is 2.80 bits per heavy atom. The fourth-order valence-corrected chi connectivity index (χ4v) is 4.84. The van der Waals surface area contributed by atoms with Crippen LogP contribution in [0.4, 0.5) is 15.0 Å². The van der Waals surface area contributed by atoms with Crippen LogP contribution in [0.1, 0.15) is 63.1 Å². The number of carbonyl (C=O) groups excluding carboxylic acids is 1. The van der Waals surface area contributed by atoms with Crippen LogP contribution in [0.2, 0.25) is 0 Å². The zero-order valence-electron chi connectivity index (χ0n) is 23.9. The maximum atomic E-state index is 14.2. The fraction of sp³-hybridized carbons (Fsp3) is 0.387. The van der Waals surface area contributed by atoms with Crippen molar-refractivity contribution in [1.82, 2.24) is 24.9 Å². The van der Waals surface area contributed by atoms with Crippen molar-refractivity contribution in [2.45, 2.75) is 65.5 Å². The van der Waals surface area contributed by atoms with Crippen LogP contribution in [0.5, 0.6) is 5.75 Å². The molecule has 1 atom stereocenters. The number of nitrogens with one attached hydrogen (secondary N) is 2. The molecule has 2 aliphatic carbocycles. The van der Waals surface area contributed by atoms with Gasteiger partial charge in [0.05, 0.1) is 30.7 Å². The molecule has 0 radical (unpaired) electrons. The van der Waals surface area contributed by atoms with Gasteiger partial charge in [-0.15, -0.1) is 0 Å². The van der Waals surface area contributed by atoms with Gasteiger partial charge in [0.15, 0.2) is 0 Å². The number of aliphatic hydroxyl groups is 1. The van der Waals surface area contributed by atoms with E-state index in [0.29, 0.717) is 42.4 Å². The monoisotopic (exact) mass is 560 g/mol. The number of aliphatic hydroxyl groups excluding tert-OH is 1. The molecule has 10 heteroatoms. The van der Waals surface area contributed by atoms with Crippen molar-refractivity contribution in [3.8, 4) is 5.75 Å². The van der Waals surface area contributed by atoms with Crippen molar-refractivity contribution in [3.63, 3.8) is 0 Å². The molecule has 0 saturated carbocycles. The third kappa shape index (κ3) is 6.59. The molecule has 2 aliphatic rings. The number of allylic oxidation sites excluding steroid dienone is 5. The smallest absolute Gasteiger partial charge is 0.320 e. The Labute approximate surface area is 239 Å². The van der Waals surface area contributed by atoms with Crippen molar-refractivity contribution < 1.29 is 19.0 Å². The quantitative estimate of drug-likeness (QED) is 0.331. The molecule has 0 aliphatic heterocycles. The van der Waals surface area contributed by atoms with Gasteiger partial charge in [0.25, 0.3) is 0 Å². The largest absolute Gasteiger partial charge is 0.461 e. The molecule has 0 saturated heterocycles. The highest BCUT2D eigenvalue weighted by Gasteiger charge is 2.23. The number of nitrogens with zero attached hydrogens (tertiary/aromatic N) is 4. The highest BCUT2D eigenvalue weighted by molar-refractivity contribution is 5.89. The third-order valence-electron chi connectivity index (χ3n) is 7.18. The first-order chi connectivity index (χ1) is 19.6. The van der Waals surface area contributed by atoms with E-state index in [1.54, 1.807) is 21.6 Å². The zero-order valence-corrected chi connectivity index (χ0v) is 23.9. The van der Waals surface area contributed by atoms with E-state index in [0.717, 1.165) is 34.8 Å². The molecular formula is C31H37FN6O3. The predicted molar refractivity (Wildman–Crippen MR) is 157 cm³/mol. The van der Waals surface area contributed by atoms with Crippen molar-refractivity contribution in [2.75, 3.05) is 11.9 Å². The first-order valence-electron chi connectivity index (χ1n) is 14.0. The lowest BCUT2D eigenvalue weighted by molar-refractivity contribution is 0.251. The highest BCUT2D eigenvalue weighted by atomic mass is 19.1. The Bertz CT molecular complexity index is 1520. The number of hydrogen-bond acceptors (Lipinski definition) is 5. The normalized spacial score (nSPS) is 16.6. The van der Waals surface area contributed by atoms with Crippen LogP contribution in [-0.4, -0.2) is 37.3 Å². The number of rotatable bonds is 8. The number of amides is 2. The number of anilines is 1. The van der Waals surface area contributed by atoms with E-state index in [1.165, 1.54) is 12.1 Å². The summed E-state index contributed by atoms with van der Waals surface area (Å²) < 4.78 is 23.9. The van der Waals surface area contributed by atoms with Crippen LogP contribution in [0.3, 0.4) is 0 Å². The second-order valence-electron chi connectivity index (χ2n) is 11.5. The number of aromatic nitrogens is 4. The van der Waals surface area contributed by atoms with Gasteiger partial charge in [-0.1, -0.05) is 39.8 Å². The van der Waals surface area contributed by atoms with Gasteiger partial charge in [0.2, 0.25) is 0 Å². The fourth-order valence-electron chi connectivity index (χ4n) is 4.84. The maximum Gasteiger partial charge on any atom is 0.320 e. The summed E-state index contributed by atoms with van der Waals surface area (Å²) in [7, 11) is 0. The average molecular weight is 561 g/mol. The Morgan fingerprint density at radius 1 is 1.24 bits per heavy atom. The van der Waals surface area contributed by atoms with Crippen molar-refractivity contribution in [2.24, 2.45) is 5.92 Å².